The molecule has 1 aromatic rings. The molecule has 0 aromatic heterocycles. The molecule has 0 N–H and O–H groups in total. The Morgan fingerprint density at radius 1 is 1.46 bits per heavy atom. The van der Waals surface area contributed by atoms with Gasteiger partial charge in [-0.1, -0.05) is 15.9 Å². The molecule has 0 saturated heterocycles. The molecule has 1 amide bonds. The molecule has 2 nitrogen and oxygen atoms in total. The van der Waals surface area contributed by atoms with E-state index in [0.29, 0.717) is 6.42 Å². The highest BCUT2D eigenvalue weighted by molar-refractivity contribution is 9.10. The summed E-state index contributed by atoms with van der Waals surface area (Å²) in [7, 11) is 1.82. The normalized spacial score (nSPS) is 15.0. The summed E-state index contributed by atoms with van der Waals surface area (Å²) in [5.41, 5.74) is 3.33. The van der Waals surface area contributed by atoms with Gasteiger partial charge in [0.05, 0.1) is 6.42 Å². The Kier molecular flexibility index (Phi) is 1.91. The van der Waals surface area contributed by atoms with E-state index < -0.39 is 0 Å². The first-order valence-electron chi connectivity index (χ1n) is 4.15. The van der Waals surface area contributed by atoms with Crippen molar-refractivity contribution in [2.24, 2.45) is 0 Å². The number of hydrogen-bond donors (Lipinski definition) is 0. The molecule has 2 rings (SSSR count). The van der Waals surface area contributed by atoms with Crippen molar-refractivity contribution < 1.29 is 4.79 Å². The number of anilines is 1. The first-order chi connectivity index (χ1) is 6.09. The second-order valence-electron chi connectivity index (χ2n) is 3.36. The summed E-state index contributed by atoms with van der Waals surface area (Å²) in [5, 5.41) is 0. The lowest BCUT2D eigenvalue weighted by molar-refractivity contribution is -0.117. The van der Waals surface area contributed by atoms with Crippen LogP contribution in [-0.4, -0.2) is 13.0 Å². The number of halogens is 1. The maximum Gasteiger partial charge on any atom is 0.231 e. The largest absolute Gasteiger partial charge is 0.315 e. The third kappa shape index (κ3) is 1.27. The minimum Gasteiger partial charge on any atom is -0.315 e. The molecule has 0 saturated carbocycles. The van der Waals surface area contributed by atoms with Gasteiger partial charge in [-0.05, 0) is 30.2 Å². The molecule has 1 aromatic carbocycles. The second kappa shape index (κ2) is 2.84. The number of fused-ring (bicyclic) bond motifs is 1. The van der Waals surface area contributed by atoms with Crippen LogP contribution in [0.2, 0.25) is 0 Å². The minimum atomic E-state index is 0.174. The van der Waals surface area contributed by atoms with Crippen LogP contribution in [0, 0.1) is 6.92 Å². The number of carbonyl (C=O) groups excluding carboxylic acids is 1. The Hall–Kier alpha value is -0.830. The maximum atomic E-state index is 11.4. The molecule has 1 aliphatic heterocycles. The van der Waals surface area contributed by atoms with E-state index in [2.05, 4.69) is 15.9 Å². The lowest BCUT2D eigenvalue weighted by atomic mass is 10.1. The highest BCUT2D eigenvalue weighted by Crippen LogP contribution is 2.32. The van der Waals surface area contributed by atoms with Crippen molar-refractivity contribution in [2.45, 2.75) is 13.3 Å². The van der Waals surface area contributed by atoms with Gasteiger partial charge in [-0.3, -0.25) is 4.79 Å². The van der Waals surface area contributed by atoms with Crippen molar-refractivity contribution in [3.05, 3.63) is 27.7 Å². The molecule has 13 heavy (non-hydrogen) atoms. The van der Waals surface area contributed by atoms with Gasteiger partial charge in [0.1, 0.15) is 0 Å². The predicted octanol–water partition coefficient (Wildman–Crippen LogP) is 2.28. The summed E-state index contributed by atoms with van der Waals surface area (Å²) in [6.07, 6.45) is 0.532. The molecule has 0 radical (unpaired) electrons. The van der Waals surface area contributed by atoms with Crippen LogP contribution in [0.25, 0.3) is 0 Å². The lowest BCUT2D eigenvalue weighted by Gasteiger charge is -2.10. The molecule has 0 unspecified atom stereocenters. The quantitative estimate of drug-likeness (QED) is 0.681. The van der Waals surface area contributed by atoms with E-state index in [-0.39, 0.29) is 5.91 Å². The monoisotopic (exact) mass is 239 g/mol. The topological polar surface area (TPSA) is 20.3 Å². The third-order valence-electron chi connectivity index (χ3n) is 2.44. The summed E-state index contributed by atoms with van der Waals surface area (Å²) in [6.45, 7) is 2.03. The zero-order valence-electron chi connectivity index (χ0n) is 7.60. The highest BCUT2D eigenvalue weighted by atomic mass is 79.9. The first kappa shape index (κ1) is 8.75. The van der Waals surface area contributed by atoms with Crippen molar-refractivity contribution in [1.29, 1.82) is 0 Å². The number of rotatable bonds is 0. The summed E-state index contributed by atoms with van der Waals surface area (Å²) in [6, 6.07) is 4.08. The Morgan fingerprint density at radius 2 is 2.15 bits per heavy atom. The van der Waals surface area contributed by atoms with Crippen molar-refractivity contribution >= 4 is 27.5 Å². The second-order valence-corrected chi connectivity index (χ2v) is 4.21. The smallest absolute Gasteiger partial charge is 0.231 e. The third-order valence-corrected chi connectivity index (χ3v) is 3.29. The molecule has 0 bridgehead atoms. The van der Waals surface area contributed by atoms with Crippen molar-refractivity contribution in [3.8, 4) is 0 Å². The van der Waals surface area contributed by atoms with Crippen LogP contribution in [0.3, 0.4) is 0 Å². The Bertz CT molecular complexity index is 387. The highest BCUT2D eigenvalue weighted by Gasteiger charge is 2.24. The fourth-order valence-corrected chi connectivity index (χ4v) is 1.97. The first-order valence-corrected chi connectivity index (χ1v) is 4.94. The van der Waals surface area contributed by atoms with E-state index in [1.54, 1.807) is 4.90 Å². The number of likely N-dealkylation sites (N-methyl/N-ethyl adjacent to an activating group) is 1. The van der Waals surface area contributed by atoms with Gasteiger partial charge in [0.25, 0.3) is 0 Å². The van der Waals surface area contributed by atoms with Crippen LogP contribution in [-0.2, 0) is 11.2 Å². The standard InChI is InChI=1S/C10H10BrNO/c1-6-3-9-7(4-8(6)11)5-10(13)12(9)2/h3-4H,5H2,1-2H3. The van der Waals surface area contributed by atoms with E-state index in [9.17, 15) is 4.79 Å². The Balaban J connectivity index is 2.59. The summed E-state index contributed by atoms with van der Waals surface area (Å²) >= 11 is 3.46. The number of hydrogen-bond acceptors (Lipinski definition) is 1. The molecule has 0 fully saturated rings. The van der Waals surface area contributed by atoms with Gasteiger partial charge in [-0.2, -0.15) is 0 Å². The van der Waals surface area contributed by atoms with Gasteiger partial charge in [0.15, 0.2) is 0 Å². The average molecular weight is 240 g/mol. The lowest BCUT2D eigenvalue weighted by Crippen LogP contribution is -2.20. The number of carbonyl (C=O) groups is 1. The SMILES string of the molecule is Cc1cc2c(cc1Br)CC(=O)N2C. The van der Waals surface area contributed by atoms with E-state index in [1.165, 1.54) is 5.56 Å². The number of aryl methyl sites for hydroxylation is 1. The van der Waals surface area contributed by atoms with Gasteiger partial charge in [0, 0.05) is 17.2 Å². The molecule has 0 aliphatic carbocycles. The molecular formula is C10H10BrNO. The zero-order valence-corrected chi connectivity index (χ0v) is 9.18. The molecule has 1 heterocycles. The Labute approximate surface area is 85.7 Å². The van der Waals surface area contributed by atoms with Gasteiger partial charge in [0.2, 0.25) is 5.91 Å². The van der Waals surface area contributed by atoms with Crippen molar-refractivity contribution in [2.75, 3.05) is 11.9 Å². The molecule has 68 valence electrons. The molecule has 0 spiro atoms. The minimum absolute atomic E-state index is 0.174. The van der Waals surface area contributed by atoms with Crippen LogP contribution in [0.4, 0.5) is 5.69 Å². The summed E-state index contributed by atoms with van der Waals surface area (Å²) < 4.78 is 1.08. The maximum absolute atomic E-state index is 11.4. The fourth-order valence-electron chi connectivity index (χ4n) is 1.58. The van der Waals surface area contributed by atoms with E-state index in [0.717, 1.165) is 15.7 Å². The average Bonchev–Trinajstić information content (AvgIpc) is 2.32. The summed E-state index contributed by atoms with van der Waals surface area (Å²) in [4.78, 5) is 13.1. The molecule has 3 heteroatoms. The van der Waals surface area contributed by atoms with E-state index in [1.807, 2.05) is 26.1 Å². The van der Waals surface area contributed by atoms with Gasteiger partial charge in [-0.25, -0.2) is 0 Å². The Morgan fingerprint density at radius 3 is 2.85 bits per heavy atom. The number of nitrogens with zero attached hydrogens (tertiary/aromatic N) is 1. The van der Waals surface area contributed by atoms with Crippen LogP contribution in [0.15, 0.2) is 16.6 Å². The van der Waals surface area contributed by atoms with Crippen LogP contribution < -0.4 is 4.90 Å². The van der Waals surface area contributed by atoms with Crippen molar-refractivity contribution in [3.63, 3.8) is 0 Å². The zero-order chi connectivity index (χ0) is 9.59. The summed E-state index contributed by atoms with van der Waals surface area (Å²) in [5.74, 6) is 0.174. The molecule has 0 atom stereocenters. The van der Waals surface area contributed by atoms with Crippen LogP contribution >= 0.6 is 15.9 Å². The fraction of sp³-hybridized carbons (Fsp3) is 0.300. The molecule has 1 aliphatic rings. The van der Waals surface area contributed by atoms with Crippen molar-refractivity contribution in [1.82, 2.24) is 0 Å². The van der Waals surface area contributed by atoms with E-state index >= 15 is 0 Å². The van der Waals surface area contributed by atoms with Gasteiger partial charge < -0.3 is 4.90 Å². The number of benzene rings is 1. The van der Waals surface area contributed by atoms with Gasteiger partial charge >= 0.3 is 0 Å². The number of amides is 1. The van der Waals surface area contributed by atoms with Crippen LogP contribution in [0.1, 0.15) is 11.1 Å². The van der Waals surface area contributed by atoms with Crippen LogP contribution in [0.5, 0.6) is 0 Å². The van der Waals surface area contributed by atoms with E-state index in [4.69, 9.17) is 0 Å². The molecular weight excluding hydrogens is 230 g/mol. The van der Waals surface area contributed by atoms with Gasteiger partial charge in [-0.15, -0.1) is 0 Å². The predicted molar refractivity (Wildman–Crippen MR) is 56.0 cm³/mol.